The second-order valence-corrected chi connectivity index (χ2v) is 18.3. The van der Waals surface area contributed by atoms with E-state index in [4.69, 9.17) is 0 Å². The molecule has 0 aliphatic heterocycles. The summed E-state index contributed by atoms with van der Waals surface area (Å²) >= 11 is 0. The van der Waals surface area contributed by atoms with Gasteiger partial charge in [-0.1, -0.05) is 194 Å². The average Bonchev–Trinajstić information content (AvgIpc) is 3.30. The molecule has 0 heterocycles. The summed E-state index contributed by atoms with van der Waals surface area (Å²) in [6.45, 7) is 0. The molecule has 12 aromatic rings. The SMILES string of the molecule is O=P(c1ccc(-c2cc3c4ccccc4c4ccccc4c3c3ccccc23)cc1)(c1ccc2ccc3ccccc3c2c1)c1ccc2ccc3ccccc3c2c1. The van der Waals surface area contributed by atoms with Crippen LogP contribution in [0.5, 0.6) is 0 Å². The topological polar surface area (TPSA) is 17.1 Å². The van der Waals surface area contributed by atoms with Gasteiger partial charge in [-0.15, -0.1) is 0 Å². The highest BCUT2D eigenvalue weighted by Gasteiger charge is 2.31. The Morgan fingerprint density at radius 1 is 0.259 bits per heavy atom. The highest BCUT2D eigenvalue weighted by Crippen LogP contribution is 2.46. The summed E-state index contributed by atoms with van der Waals surface area (Å²) in [6, 6.07) is 75.8. The monoisotopic (exact) mass is 754 g/mol. The highest BCUT2D eigenvalue weighted by atomic mass is 31.2. The third-order valence-corrected chi connectivity index (χ3v) is 15.5. The summed E-state index contributed by atoms with van der Waals surface area (Å²) in [6.07, 6.45) is 0. The van der Waals surface area contributed by atoms with Gasteiger partial charge in [0.1, 0.15) is 0 Å². The molecule has 0 aromatic heterocycles. The first-order valence-electron chi connectivity index (χ1n) is 19.9. The Bertz CT molecular complexity index is 3590. The summed E-state index contributed by atoms with van der Waals surface area (Å²) in [7, 11) is -3.40. The Morgan fingerprint density at radius 3 is 1.16 bits per heavy atom. The molecule has 2 heteroatoms. The zero-order valence-corrected chi connectivity index (χ0v) is 32.5. The highest BCUT2D eigenvalue weighted by molar-refractivity contribution is 7.85. The Balaban J connectivity index is 1.10. The van der Waals surface area contributed by atoms with Crippen molar-refractivity contribution >= 4 is 109 Å². The molecule has 0 saturated carbocycles. The van der Waals surface area contributed by atoms with E-state index in [0.717, 1.165) is 53.8 Å². The Hall–Kier alpha value is -7.05. The molecule has 0 aliphatic carbocycles. The van der Waals surface area contributed by atoms with Crippen LogP contribution in [0.2, 0.25) is 0 Å². The molecule has 0 atom stereocenters. The van der Waals surface area contributed by atoms with Gasteiger partial charge >= 0.3 is 0 Å². The van der Waals surface area contributed by atoms with Crippen LogP contribution >= 0.6 is 7.14 Å². The fourth-order valence-corrected chi connectivity index (χ4v) is 12.3. The first-order chi connectivity index (χ1) is 28.6. The van der Waals surface area contributed by atoms with Crippen LogP contribution in [0.3, 0.4) is 0 Å². The minimum absolute atomic E-state index is 0.817. The molecule has 270 valence electrons. The molecule has 0 unspecified atom stereocenters. The minimum Gasteiger partial charge on any atom is -0.309 e. The Morgan fingerprint density at radius 2 is 0.621 bits per heavy atom. The van der Waals surface area contributed by atoms with E-state index in [9.17, 15) is 0 Å². The summed E-state index contributed by atoms with van der Waals surface area (Å²) in [5.74, 6) is 0. The molecule has 0 aliphatic rings. The molecule has 0 radical (unpaired) electrons. The number of hydrogen-bond donors (Lipinski definition) is 0. The van der Waals surface area contributed by atoms with Crippen LogP contribution in [-0.2, 0) is 4.57 Å². The van der Waals surface area contributed by atoms with Crippen molar-refractivity contribution in [3.8, 4) is 11.1 Å². The number of hydrogen-bond acceptors (Lipinski definition) is 1. The van der Waals surface area contributed by atoms with Crippen molar-refractivity contribution in [3.63, 3.8) is 0 Å². The van der Waals surface area contributed by atoms with E-state index >= 15 is 4.57 Å². The lowest BCUT2D eigenvalue weighted by atomic mass is 9.87. The van der Waals surface area contributed by atoms with E-state index in [1.54, 1.807) is 0 Å². The van der Waals surface area contributed by atoms with Gasteiger partial charge < -0.3 is 4.57 Å². The molecule has 0 amide bonds. The fourth-order valence-electron chi connectivity index (χ4n) is 9.68. The number of benzene rings is 12. The molecule has 0 spiro atoms. The molecule has 0 saturated heterocycles. The smallest absolute Gasteiger partial charge is 0.171 e. The van der Waals surface area contributed by atoms with Crippen LogP contribution in [0.25, 0.3) is 97.3 Å². The molecule has 1 nitrogen and oxygen atoms in total. The maximum absolute atomic E-state index is 16.5. The van der Waals surface area contributed by atoms with Gasteiger partial charge in [-0.05, 0) is 116 Å². The van der Waals surface area contributed by atoms with Crippen LogP contribution in [0.15, 0.2) is 212 Å². The van der Waals surface area contributed by atoms with Crippen molar-refractivity contribution in [2.45, 2.75) is 0 Å². The fraction of sp³-hybridized carbons (Fsp3) is 0. The zero-order valence-electron chi connectivity index (χ0n) is 31.6. The summed E-state index contributed by atoms with van der Waals surface area (Å²) in [5.41, 5.74) is 2.26. The van der Waals surface area contributed by atoms with Crippen LogP contribution in [0, 0.1) is 0 Å². The van der Waals surface area contributed by atoms with Gasteiger partial charge in [0.25, 0.3) is 0 Å². The standard InChI is InChI=1S/C56H35OP/c57-58(42-31-27-38-23-21-36-11-1-3-13-44(36)52(38)33-42,43-32-28-39-24-22-37-12-2-4-14-45(37)53(39)34-43)41-29-25-40(26-30-41)54-35-55-48-17-6-5-15-46(48)47-16-7-9-19-50(47)56(55)51-20-10-8-18-49(51)54/h1-35H. The molecular formula is C56H35OP. The van der Waals surface area contributed by atoms with Gasteiger partial charge in [0.2, 0.25) is 0 Å². The van der Waals surface area contributed by atoms with Crippen molar-refractivity contribution in [1.82, 2.24) is 0 Å². The predicted octanol–water partition coefficient (Wildman–Crippen LogP) is 14.2. The second kappa shape index (κ2) is 12.7. The maximum Gasteiger partial charge on any atom is 0.171 e. The van der Waals surface area contributed by atoms with E-state index in [-0.39, 0.29) is 0 Å². The molecule has 12 aromatic carbocycles. The summed E-state index contributed by atoms with van der Waals surface area (Å²) in [4.78, 5) is 0. The second-order valence-electron chi connectivity index (χ2n) is 15.5. The van der Waals surface area contributed by atoms with Crippen molar-refractivity contribution < 1.29 is 4.57 Å². The lowest BCUT2D eigenvalue weighted by Crippen LogP contribution is -2.25. The van der Waals surface area contributed by atoms with Crippen LogP contribution in [0.4, 0.5) is 0 Å². The number of rotatable bonds is 4. The first-order valence-corrected chi connectivity index (χ1v) is 21.6. The minimum atomic E-state index is -3.40. The van der Waals surface area contributed by atoms with Crippen LogP contribution < -0.4 is 15.9 Å². The van der Waals surface area contributed by atoms with Gasteiger partial charge in [0.05, 0.1) is 0 Å². The first kappa shape index (κ1) is 33.1. The van der Waals surface area contributed by atoms with E-state index in [0.29, 0.717) is 0 Å². The maximum atomic E-state index is 16.5. The third kappa shape index (κ3) is 4.87. The van der Waals surface area contributed by atoms with Crippen molar-refractivity contribution in [2.75, 3.05) is 0 Å². The lowest BCUT2D eigenvalue weighted by Gasteiger charge is -2.22. The summed E-state index contributed by atoms with van der Waals surface area (Å²) in [5, 5.41) is 21.7. The third-order valence-electron chi connectivity index (χ3n) is 12.5. The van der Waals surface area contributed by atoms with Crippen LogP contribution in [-0.4, -0.2) is 0 Å². The summed E-state index contributed by atoms with van der Waals surface area (Å²) < 4.78 is 16.5. The van der Waals surface area contributed by atoms with Crippen LogP contribution in [0.1, 0.15) is 0 Å². The van der Waals surface area contributed by atoms with Gasteiger partial charge in [0.15, 0.2) is 7.14 Å². The molecule has 12 rings (SSSR count). The molecular weight excluding hydrogens is 720 g/mol. The van der Waals surface area contributed by atoms with E-state index in [1.807, 2.05) is 0 Å². The van der Waals surface area contributed by atoms with Gasteiger partial charge in [-0.2, -0.15) is 0 Å². The largest absolute Gasteiger partial charge is 0.309 e. The van der Waals surface area contributed by atoms with E-state index in [2.05, 4.69) is 212 Å². The molecule has 58 heavy (non-hydrogen) atoms. The van der Waals surface area contributed by atoms with Gasteiger partial charge in [0, 0.05) is 15.9 Å². The Labute approximate surface area is 335 Å². The lowest BCUT2D eigenvalue weighted by molar-refractivity contribution is 0.592. The molecule has 0 bridgehead atoms. The number of fused-ring (bicyclic) bond motifs is 14. The van der Waals surface area contributed by atoms with Gasteiger partial charge in [-0.3, -0.25) is 0 Å². The van der Waals surface area contributed by atoms with E-state index < -0.39 is 7.14 Å². The van der Waals surface area contributed by atoms with Crippen molar-refractivity contribution in [3.05, 3.63) is 212 Å². The van der Waals surface area contributed by atoms with Crippen molar-refractivity contribution in [2.24, 2.45) is 0 Å². The molecule has 0 fully saturated rings. The average molecular weight is 755 g/mol. The zero-order chi connectivity index (χ0) is 38.4. The van der Waals surface area contributed by atoms with Crippen molar-refractivity contribution in [1.29, 1.82) is 0 Å². The van der Waals surface area contributed by atoms with Gasteiger partial charge in [-0.25, -0.2) is 0 Å². The van der Waals surface area contributed by atoms with E-state index in [1.165, 1.54) is 59.4 Å². The normalized spacial score (nSPS) is 12.2. The molecule has 0 N–H and O–H groups in total. The Kier molecular flexibility index (Phi) is 7.27. The predicted molar refractivity (Wildman–Crippen MR) is 251 cm³/mol. The quantitative estimate of drug-likeness (QED) is 0.129.